The minimum atomic E-state index is -4.20. The van der Waals surface area contributed by atoms with Crippen molar-refractivity contribution in [3.05, 3.63) is 36.0 Å². The summed E-state index contributed by atoms with van der Waals surface area (Å²) in [7, 11) is 0. The van der Waals surface area contributed by atoms with Crippen LogP contribution < -0.4 is 5.32 Å². The third-order valence-corrected chi connectivity index (χ3v) is 3.06. The Morgan fingerprint density at radius 3 is 2.40 bits per heavy atom. The third-order valence-electron chi connectivity index (χ3n) is 3.06. The van der Waals surface area contributed by atoms with Crippen LogP contribution in [0.2, 0.25) is 0 Å². The summed E-state index contributed by atoms with van der Waals surface area (Å²) in [4.78, 5) is 0. The molecule has 0 fully saturated rings. The summed E-state index contributed by atoms with van der Waals surface area (Å²) in [6, 6.07) is 7.22. The van der Waals surface area contributed by atoms with E-state index in [0.29, 0.717) is 12.1 Å². The van der Waals surface area contributed by atoms with Crippen molar-refractivity contribution in [2.45, 2.75) is 45.6 Å². The van der Waals surface area contributed by atoms with Crippen molar-refractivity contribution in [3.8, 4) is 0 Å². The molecule has 0 aliphatic heterocycles. The van der Waals surface area contributed by atoms with Gasteiger partial charge < -0.3 is 9.88 Å². The molecule has 0 saturated carbocycles. The monoisotopic (exact) mass is 284 g/mol. The Morgan fingerprint density at radius 1 is 1.10 bits per heavy atom. The molecular weight excluding hydrogens is 265 g/mol. The van der Waals surface area contributed by atoms with E-state index in [-0.39, 0.29) is 5.54 Å². The van der Waals surface area contributed by atoms with Crippen LogP contribution in [0.5, 0.6) is 0 Å². The maximum absolute atomic E-state index is 12.5. The molecule has 5 heteroatoms. The van der Waals surface area contributed by atoms with Gasteiger partial charge in [0.25, 0.3) is 0 Å². The maximum Gasteiger partial charge on any atom is 0.406 e. The van der Waals surface area contributed by atoms with Gasteiger partial charge in [-0.15, -0.1) is 0 Å². The van der Waals surface area contributed by atoms with Gasteiger partial charge in [-0.3, -0.25) is 0 Å². The van der Waals surface area contributed by atoms with E-state index in [4.69, 9.17) is 0 Å². The van der Waals surface area contributed by atoms with Gasteiger partial charge in [0.2, 0.25) is 0 Å². The second-order valence-corrected chi connectivity index (χ2v) is 6.01. The molecule has 0 unspecified atom stereocenters. The van der Waals surface area contributed by atoms with Crippen LogP contribution in [0.25, 0.3) is 10.9 Å². The van der Waals surface area contributed by atoms with Gasteiger partial charge in [0.15, 0.2) is 0 Å². The summed E-state index contributed by atoms with van der Waals surface area (Å²) in [5, 5.41) is 4.23. The first-order chi connectivity index (χ1) is 9.16. The average molecular weight is 284 g/mol. The van der Waals surface area contributed by atoms with Crippen LogP contribution in [0.15, 0.2) is 30.5 Å². The van der Waals surface area contributed by atoms with Crippen LogP contribution in [0, 0.1) is 0 Å². The number of benzene rings is 1. The number of nitrogens with zero attached hydrogens (tertiary/aromatic N) is 1. The Kier molecular flexibility index (Phi) is 3.82. The van der Waals surface area contributed by atoms with Crippen LogP contribution in [-0.4, -0.2) is 16.3 Å². The lowest BCUT2D eigenvalue weighted by Gasteiger charge is -2.21. The van der Waals surface area contributed by atoms with Gasteiger partial charge in [-0.05, 0) is 38.5 Å². The van der Waals surface area contributed by atoms with E-state index in [1.54, 1.807) is 18.2 Å². The highest BCUT2D eigenvalue weighted by Gasteiger charge is 2.28. The fraction of sp³-hybridized carbons (Fsp3) is 0.467. The zero-order chi connectivity index (χ0) is 15.0. The van der Waals surface area contributed by atoms with Crippen molar-refractivity contribution in [2.24, 2.45) is 0 Å². The lowest BCUT2D eigenvalue weighted by Crippen LogP contribution is -2.35. The first kappa shape index (κ1) is 14.9. The molecular formula is C15H19F3N2. The largest absolute Gasteiger partial charge is 0.406 e. The summed E-state index contributed by atoms with van der Waals surface area (Å²) in [5.41, 5.74) is 1.60. The Balaban J connectivity index is 2.30. The Bertz CT molecular complexity index is 591. The van der Waals surface area contributed by atoms with Crippen molar-refractivity contribution < 1.29 is 13.2 Å². The molecule has 0 spiro atoms. The smallest absolute Gasteiger partial charge is 0.338 e. The molecule has 0 amide bonds. The van der Waals surface area contributed by atoms with Gasteiger partial charge in [0.05, 0.1) is 0 Å². The van der Waals surface area contributed by atoms with Crippen molar-refractivity contribution in [1.82, 2.24) is 9.88 Å². The highest BCUT2D eigenvalue weighted by molar-refractivity contribution is 5.83. The zero-order valence-electron chi connectivity index (χ0n) is 11.9. The summed E-state index contributed by atoms with van der Waals surface area (Å²) in [5.74, 6) is 0. The summed E-state index contributed by atoms with van der Waals surface area (Å²) in [6.45, 7) is 5.86. The average Bonchev–Trinajstić information content (AvgIpc) is 2.67. The lowest BCUT2D eigenvalue weighted by atomic mass is 10.1. The number of alkyl halides is 3. The van der Waals surface area contributed by atoms with E-state index in [1.807, 2.05) is 6.07 Å². The minimum Gasteiger partial charge on any atom is -0.338 e. The first-order valence-corrected chi connectivity index (χ1v) is 6.54. The van der Waals surface area contributed by atoms with E-state index in [9.17, 15) is 13.2 Å². The SMILES string of the molecule is CC(C)(C)NCc1cccc2c1ccn2CC(F)(F)F. The summed E-state index contributed by atoms with van der Waals surface area (Å²) in [6.07, 6.45) is -2.70. The summed E-state index contributed by atoms with van der Waals surface area (Å²) < 4.78 is 38.8. The number of aromatic nitrogens is 1. The molecule has 2 aromatic rings. The number of hydrogen-bond acceptors (Lipinski definition) is 1. The molecule has 2 rings (SSSR count). The molecule has 0 aliphatic rings. The van der Waals surface area contributed by atoms with Crippen LogP contribution >= 0.6 is 0 Å². The second kappa shape index (κ2) is 5.13. The quantitative estimate of drug-likeness (QED) is 0.898. The first-order valence-electron chi connectivity index (χ1n) is 6.54. The molecule has 0 aliphatic carbocycles. The number of hydrogen-bond donors (Lipinski definition) is 1. The molecule has 2 nitrogen and oxygen atoms in total. The van der Waals surface area contributed by atoms with Crippen molar-refractivity contribution in [1.29, 1.82) is 0 Å². The van der Waals surface area contributed by atoms with Crippen LogP contribution in [0.4, 0.5) is 13.2 Å². The molecule has 0 saturated heterocycles. The normalized spacial score (nSPS) is 13.1. The van der Waals surface area contributed by atoms with Gasteiger partial charge in [0, 0.05) is 29.2 Å². The van der Waals surface area contributed by atoms with Crippen molar-refractivity contribution in [3.63, 3.8) is 0 Å². The minimum absolute atomic E-state index is 0.0311. The van der Waals surface area contributed by atoms with Crippen LogP contribution in [0.1, 0.15) is 26.3 Å². The number of nitrogens with one attached hydrogen (secondary N) is 1. The molecule has 0 radical (unpaired) electrons. The highest BCUT2D eigenvalue weighted by Crippen LogP contribution is 2.25. The molecule has 110 valence electrons. The topological polar surface area (TPSA) is 17.0 Å². The fourth-order valence-electron chi connectivity index (χ4n) is 2.13. The maximum atomic E-state index is 12.5. The van der Waals surface area contributed by atoms with Gasteiger partial charge in [-0.2, -0.15) is 13.2 Å². The Labute approximate surface area is 116 Å². The molecule has 20 heavy (non-hydrogen) atoms. The van der Waals surface area contributed by atoms with E-state index in [0.717, 1.165) is 10.9 Å². The molecule has 1 heterocycles. The highest BCUT2D eigenvalue weighted by atomic mass is 19.4. The molecule has 0 atom stereocenters. The van der Waals surface area contributed by atoms with Crippen LogP contribution in [0.3, 0.4) is 0 Å². The standard InChI is InChI=1S/C15H19F3N2/c1-14(2,3)19-9-11-5-4-6-13-12(11)7-8-20(13)10-15(16,17)18/h4-8,19H,9-10H2,1-3H3. The van der Waals surface area contributed by atoms with Gasteiger partial charge in [-0.25, -0.2) is 0 Å². The van der Waals surface area contributed by atoms with Gasteiger partial charge in [-0.1, -0.05) is 12.1 Å². The summed E-state index contributed by atoms with van der Waals surface area (Å²) >= 11 is 0. The third kappa shape index (κ3) is 3.76. The lowest BCUT2D eigenvalue weighted by molar-refractivity contribution is -0.139. The number of fused-ring (bicyclic) bond motifs is 1. The van der Waals surface area contributed by atoms with E-state index >= 15 is 0 Å². The molecule has 0 bridgehead atoms. The van der Waals surface area contributed by atoms with Crippen LogP contribution in [-0.2, 0) is 13.1 Å². The second-order valence-electron chi connectivity index (χ2n) is 6.01. The molecule has 1 aromatic carbocycles. The zero-order valence-corrected chi connectivity index (χ0v) is 11.9. The Morgan fingerprint density at radius 2 is 1.80 bits per heavy atom. The van der Waals surface area contributed by atoms with Gasteiger partial charge in [0.1, 0.15) is 6.54 Å². The number of rotatable bonds is 3. The number of halogens is 3. The van der Waals surface area contributed by atoms with E-state index in [2.05, 4.69) is 26.1 Å². The van der Waals surface area contributed by atoms with Gasteiger partial charge >= 0.3 is 6.18 Å². The molecule has 1 aromatic heterocycles. The predicted molar refractivity (Wildman–Crippen MR) is 74.6 cm³/mol. The Hall–Kier alpha value is -1.49. The van der Waals surface area contributed by atoms with Crippen molar-refractivity contribution >= 4 is 10.9 Å². The van der Waals surface area contributed by atoms with E-state index < -0.39 is 12.7 Å². The van der Waals surface area contributed by atoms with Crippen molar-refractivity contribution in [2.75, 3.05) is 0 Å². The fourth-order valence-corrected chi connectivity index (χ4v) is 2.13. The predicted octanol–water partition coefficient (Wildman–Crippen LogP) is 4.09. The van der Waals surface area contributed by atoms with E-state index in [1.165, 1.54) is 10.8 Å². The molecule has 1 N–H and O–H groups in total.